The molecule has 1 amide bonds. The van der Waals surface area contributed by atoms with Crippen LogP contribution < -0.4 is 15.5 Å². The number of hydrogen-bond acceptors (Lipinski definition) is 3. The fraction of sp³-hybridized carbons (Fsp3) is 0.182. The van der Waals surface area contributed by atoms with Crippen molar-refractivity contribution in [3.8, 4) is 0 Å². The van der Waals surface area contributed by atoms with Crippen molar-refractivity contribution in [3.05, 3.63) is 41.7 Å². The molecule has 2 N–H and O–H groups in total. The van der Waals surface area contributed by atoms with Gasteiger partial charge in [-0.25, -0.2) is 0 Å². The second-order valence-corrected chi connectivity index (χ2v) is 3.63. The van der Waals surface area contributed by atoms with E-state index in [-0.39, 0.29) is 5.91 Å². The molecule has 0 bridgehead atoms. The Morgan fingerprint density at radius 3 is 3.07 bits per heavy atom. The molecule has 15 heavy (non-hydrogen) atoms. The van der Waals surface area contributed by atoms with Gasteiger partial charge in [-0.2, -0.15) is 0 Å². The highest BCUT2D eigenvalue weighted by Crippen LogP contribution is 2.27. The lowest BCUT2D eigenvalue weighted by Gasteiger charge is -2.19. The number of benzene rings is 1. The topological polar surface area (TPSA) is 44.4 Å². The Kier molecular flexibility index (Phi) is 1.68. The molecule has 0 radical (unpaired) electrons. The Hall–Kier alpha value is -1.97. The molecule has 4 nitrogen and oxygen atoms in total. The summed E-state index contributed by atoms with van der Waals surface area (Å²) in [4.78, 5) is 13.9. The van der Waals surface area contributed by atoms with E-state index < -0.39 is 0 Å². The van der Waals surface area contributed by atoms with Crippen LogP contribution >= 0.6 is 0 Å². The average molecular weight is 201 g/mol. The van der Waals surface area contributed by atoms with E-state index in [1.54, 1.807) is 0 Å². The minimum absolute atomic E-state index is 0.000833. The molecule has 76 valence electrons. The number of para-hydroxylation sites is 1. The van der Waals surface area contributed by atoms with Gasteiger partial charge in [-0.15, -0.1) is 0 Å². The number of rotatable bonds is 0. The molecule has 1 aromatic carbocycles. The zero-order chi connectivity index (χ0) is 10.3. The van der Waals surface area contributed by atoms with Crippen molar-refractivity contribution in [2.75, 3.05) is 18.1 Å². The highest BCUT2D eigenvalue weighted by Gasteiger charge is 2.25. The number of carbonyl (C=O) groups excluding carboxylic acids is 1. The Morgan fingerprint density at radius 2 is 2.13 bits per heavy atom. The number of fused-ring (bicyclic) bond motifs is 3. The predicted octanol–water partition coefficient (Wildman–Crippen LogP) is 0.638. The lowest BCUT2D eigenvalue weighted by molar-refractivity contribution is 0.0959. The molecular weight excluding hydrogens is 190 g/mol. The first kappa shape index (κ1) is 8.35. The second-order valence-electron chi connectivity index (χ2n) is 3.63. The van der Waals surface area contributed by atoms with Gasteiger partial charge >= 0.3 is 0 Å². The van der Waals surface area contributed by atoms with Gasteiger partial charge in [-0.05, 0) is 12.1 Å². The molecular formula is C11H11N3O. The van der Waals surface area contributed by atoms with Crippen LogP contribution in [0.1, 0.15) is 10.4 Å². The largest absolute Gasteiger partial charge is 0.372 e. The molecule has 0 fully saturated rings. The van der Waals surface area contributed by atoms with Crippen LogP contribution in [0.2, 0.25) is 0 Å². The predicted molar refractivity (Wildman–Crippen MR) is 57.3 cm³/mol. The molecule has 0 unspecified atom stereocenters. The number of hydrogen-bond donors (Lipinski definition) is 2. The molecule has 0 saturated heterocycles. The highest BCUT2D eigenvalue weighted by molar-refractivity contribution is 6.01. The number of amides is 1. The van der Waals surface area contributed by atoms with Crippen LogP contribution in [0.4, 0.5) is 5.69 Å². The summed E-state index contributed by atoms with van der Waals surface area (Å²) in [5.74, 6) is 0.000833. The maximum atomic E-state index is 11.8. The summed E-state index contributed by atoms with van der Waals surface area (Å²) < 4.78 is 0. The molecule has 3 rings (SSSR count). The standard InChI is InChI=1S/C11H11N3O/c15-11-9-3-1-2-4-10(9)14-7-12-5-8(14)6-13-11/h1-5,12H,6-7H2,(H,13,15). The van der Waals surface area contributed by atoms with Crippen LogP contribution in [0.15, 0.2) is 36.2 Å². The molecule has 4 heteroatoms. The van der Waals surface area contributed by atoms with Crippen molar-refractivity contribution in [1.29, 1.82) is 0 Å². The van der Waals surface area contributed by atoms with Crippen LogP contribution in [0.3, 0.4) is 0 Å². The van der Waals surface area contributed by atoms with E-state index in [0.717, 1.165) is 23.6 Å². The Bertz CT molecular complexity index is 453. The summed E-state index contributed by atoms with van der Waals surface area (Å²) in [6.07, 6.45) is 1.95. The zero-order valence-electron chi connectivity index (χ0n) is 8.16. The van der Waals surface area contributed by atoms with Crippen molar-refractivity contribution in [2.45, 2.75) is 0 Å². The monoisotopic (exact) mass is 201 g/mol. The molecule has 0 aliphatic carbocycles. The quantitative estimate of drug-likeness (QED) is 0.647. The van der Waals surface area contributed by atoms with Gasteiger partial charge in [0, 0.05) is 6.20 Å². The van der Waals surface area contributed by atoms with Crippen LogP contribution in [-0.2, 0) is 0 Å². The van der Waals surface area contributed by atoms with E-state index in [1.165, 1.54) is 0 Å². The zero-order valence-corrected chi connectivity index (χ0v) is 8.16. The van der Waals surface area contributed by atoms with Gasteiger partial charge in [0.05, 0.1) is 30.2 Å². The Balaban J connectivity index is 2.17. The third kappa shape index (κ3) is 1.18. The van der Waals surface area contributed by atoms with E-state index in [0.29, 0.717) is 6.54 Å². The second kappa shape index (κ2) is 3.02. The maximum Gasteiger partial charge on any atom is 0.253 e. The first-order valence-corrected chi connectivity index (χ1v) is 4.93. The fourth-order valence-electron chi connectivity index (χ4n) is 1.99. The average Bonchev–Trinajstić information content (AvgIpc) is 2.69. The summed E-state index contributed by atoms with van der Waals surface area (Å²) in [7, 11) is 0. The van der Waals surface area contributed by atoms with E-state index in [4.69, 9.17) is 0 Å². The van der Waals surface area contributed by atoms with E-state index >= 15 is 0 Å². The van der Waals surface area contributed by atoms with Crippen molar-refractivity contribution in [3.63, 3.8) is 0 Å². The third-order valence-electron chi connectivity index (χ3n) is 2.73. The van der Waals surface area contributed by atoms with E-state index in [2.05, 4.69) is 15.5 Å². The fourth-order valence-corrected chi connectivity index (χ4v) is 1.99. The normalized spacial score (nSPS) is 18.3. The minimum Gasteiger partial charge on any atom is -0.372 e. The summed E-state index contributed by atoms with van der Waals surface area (Å²) in [5, 5.41) is 6.04. The van der Waals surface area contributed by atoms with Gasteiger partial charge in [-0.3, -0.25) is 4.79 Å². The van der Waals surface area contributed by atoms with Crippen molar-refractivity contribution >= 4 is 11.6 Å². The van der Waals surface area contributed by atoms with Crippen LogP contribution in [0, 0.1) is 0 Å². The number of nitrogens with zero attached hydrogens (tertiary/aromatic N) is 1. The van der Waals surface area contributed by atoms with E-state index in [9.17, 15) is 4.79 Å². The molecule has 0 saturated carbocycles. The van der Waals surface area contributed by atoms with Crippen molar-refractivity contribution < 1.29 is 4.79 Å². The van der Waals surface area contributed by atoms with Crippen LogP contribution in [0.5, 0.6) is 0 Å². The summed E-state index contributed by atoms with van der Waals surface area (Å²) in [6.45, 7) is 1.32. The summed E-state index contributed by atoms with van der Waals surface area (Å²) in [5.41, 5.74) is 2.82. The SMILES string of the molecule is O=C1NCC2=CNCN2c2ccccc21. The van der Waals surface area contributed by atoms with Gasteiger partial charge < -0.3 is 15.5 Å². The molecule has 0 aromatic heterocycles. The maximum absolute atomic E-state index is 11.8. The molecule has 2 aliphatic rings. The van der Waals surface area contributed by atoms with Gasteiger partial charge in [0.15, 0.2) is 0 Å². The summed E-state index contributed by atoms with van der Waals surface area (Å²) >= 11 is 0. The lowest BCUT2D eigenvalue weighted by atomic mass is 10.1. The van der Waals surface area contributed by atoms with Gasteiger partial charge in [0.2, 0.25) is 0 Å². The molecule has 2 aliphatic heterocycles. The van der Waals surface area contributed by atoms with Gasteiger partial charge in [0.1, 0.15) is 0 Å². The van der Waals surface area contributed by atoms with Crippen molar-refractivity contribution in [2.24, 2.45) is 0 Å². The third-order valence-corrected chi connectivity index (χ3v) is 2.73. The number of nitrogens with one attached hydrogen (secondary N) is 2. The Labute approximate surface area is 87.6 Å². The molecule has 2 heterocycles. The molecule has 1 aromatic rings. The molecule has 0 spiro atoms. The summed E-state index contributed by atoms with van der Waals surface area (Å²) in [6, 6.07) is 7.66. The number of carbonyl (C=O) groups is 1. The van der Waals surface area contributed by atoms with Gasteiger partial charge in [-0.1, -0.05) is 12.1 Å². The smallest absolute Gasteiger partial charge is 0.253 e. The van der Waals surface area contributed by atoms with Gasteiger partial charge in [0.25, 0.3) is 5.91 Å². The number of anilines is 1. The minimum atomic E-state index is 0.000833. The first-order chi connectivity index (χ1) is 7.36. The first-order valence-electron chi connectivity index (χ1n) is 4.93. The highest BCUT2D eigenvalue weighted by atomic mass is 16.1. The lowest BCUT2D eigenvalue weighted by Crippen LogP contribution is -2.26. The van der Waals surface area contributed by atoms with E-state index in [1.807, 2.05) is 30.5 Å². The van der Waals surface area contributed by atoms with Crippen LogP contribution in [0.25, 0.3) is 0 Å². The van der Waals surface area contributed by atoms with Crippen molar-refractivity contribution in [1.82, 2.24) is 10.6 Å². The molecule has 0 atom stereocenters. The Morgan fingerprint density at radius 1 is 1.27 bits per heavy atom. The van der Waals surface area contributed by atoms with Crippen LogP contribution in [-0.4, -0.2) is 19.1 Å².